The molecule has 1 aliphatic rings. The standard InChI is InChI=1S/C8H11FN4OS.ClH/c1-4-12-13-8(15-4)11-7(14)6-2-5(9)3-10-6;/h5-6,10H,2-3H2,1H3,(H,11,13,14);1H/t5-,6+;/m0./s1. The van der Waals surface area contributed by atoms with Gasteiger partial charge in [-0.2, -0.15) is 0 Å². The third kappa shape index (κ3) is 3.10. The van der Waals surface area contributed by atoms with Gasteiger partial charge in [-0.25, -0.2) is 4.39 Å². The zero-order valence-electron chi connectivity index (χ0n) is 8.57. The molecule has 1 amide bonds. The zero-order valence-corrected chi connectivity index (χ0v) is 10.2. The molecule has 0 radical (unpaired) electrons. The summed E-state index contributed by atoms with van der Waals surface area (Å²) in [6.45, 7) is 2.05. The Bertz CT molecular complexity index is 375. The second-order valence-corrected chi connectivity index (χ2v) is 4.59. The minimum atomic E-state index is -0.933. The largest absolute Gasteiger partial charge is 0.303 e. The van der Waals surface area contributed by atoms with E-state index in [2.05, 4.69) is 20.8 Å². The highest BCUT2D eigenvalue weighted by Crippen LogP contribution is 2.16. The third-order valence-corrected chi connectivity index (χ3v) is 2.90. The lowest BCUT2D eigenvalue weighted by molar-refractivity contribution is -0.117. The highest BCUT2D eigenvalue weighted by atomic mass is 35.5. The fourth-order valence-electron chi connectivity index (χ4n) is 1.43. The van der Waals surface area contributed by atoms with Gasteiger partial charge in [0.1, 0.15) is 11.2 Å². The van der Waals surface area contributed by atoms with Crippen LogP contribution < -0.4 is 10.6 Å². The molecule has 5 nitrogen and oxygen atoms in total. The van der Waals surface area contributed by atoms with Gasteiger partial charge in [0.05, 0.1) is 6.04 Å². The first kappa shape index (κ1) is 13.3. The van der Waals surface area contributed by atoms with Crippen molar-refractivity contribution in [1.29, 1.82) is 0 Å². The highest BCUT2D eigenvalue weighted by Gasteiger charge is 2.29. The van der Waals surface area contributed by atoms with Crippen LogP contribution in [-0.2, 0) is 4.79 Å². The quantitative estimate of drug-likeness (QED) is 0.835. The molecule has 1 fully saturated rings. The zero-order chi connectivity index (χ0) is 10.8. The van der Waals surface area contributed by atoms with Crippen molar-refractivity contribution >= 4 is 34.8 Å². The van der Waals surface area contributed by atoms with E-state index in [9.17, 15) is 9.18 Å². The number of nitrogens with one attached hydrogen (secondary N) is 2. The average Bonchev–Trinajstić information content (AvgIpc) is 2.75. The first-order valence-electron chi connectivity index (χ1n) is 4.63. The van der Waals surface area contributed by atoms with Crippen LogP contribution in [0, 0.1) is 6.92 Å². The predicted octanol–water partition coefficient (Wildman–Crippen LogP) is 0.907. The Kier molecular flexibility index (Phi) is 4.57. The van der Waals surface area contributed by atoms with Crippen molar-refractivity contribution in [2.75, 3.05) is 11.9 Å². The fraction of sp³-hybridized carbons (Fsp3) is 0.625. The summed E-state index contributed by atoms with van der Waals surface area (Å²) in [4.78, 5) is 11.6. The lowest BCUT2D eigenvalue weighted by atomic mass is 10.2. The van der Waals surface area contributed by atoms with Gasteiger partial charge in [0, 0.05) is 13.0 Å². The SMILES string of the molecule is Cc1nnc(NC(=O)[C@H]2C[C@H](F)CN2)s1.Cl. The molecule has 0 bridgehead atoms. The average molecular weight is 267 g/mol. The minimum absolute atomic E-state index is 0. The number of hydrogen-bond acceptors (Lipinski definition) is 5. The summed E-state index contributed by atoms with van der Waals surface area (Å²) < 4.78 is 12.8. The second kappa shape index (κ2) is 5.51. The van der Waals surface area contributed by atoms with Crippen LogP contribution in [0.5, 0.6) is 0 Å². The molecule has 2 atom stereocenters. The molecule has 0 aliphatic carbocycles. The van der Waals surface area contributed by atoms with Crippen molar-refractivity contribution in [2.45, 2.75) is 25.6 Å². The summed E-state index contributed by atoms with van der Waals surface area (Å²) in [6, 6.07) is -0.454. The number of aromatic nitrogens is 2. The van der Waals surface area contributed by atoms with Crippen LogP contribution in [-0.4, -0.2) is 34.9 Å². The molecule has 0 aromatic carbocycles. The van der Waals surface area contributed by atoms with E-state index in [0.29, 0.717) is 5.13 Å². The molecule has 2 rings (SSSR count). The Balaban J connectivity index is 0.00000128. The molecule has 1 saturated heterocycles. The molecule has 1 aromatic rings. The number of carbonyl (C=O) groups is 1. The van der Waals surface area contributed by atoms with Crippen LogP contribution >= 0.6 is 23.7 Å². The first-order chi connectivity index (χ1) is 7.15. The third-order valence-electron chi connectivity index (χ3n) is 2.15. The molecule has 2 N–H and O–H groups in total. The van der Waals surface area contributed by atoms with Gasteiger partial charge < -0.3 is 5.32 Å². The van der Waals surface area contributed by atoms with Gasteiger partial charge in [-0.15, -0.1) is 22.6 Å². The number of rotatable bonds is 2. The summed E-state index contributed by atoms with van der Waals surface area (Å²) in [5, 5.41) is 14.2. The molecule has 16 heavy (non-hydrogen) atoms. The summed E-state index contributed by atoms with van der Waals surface area (Å²) in [7, 11) is 0. The topological polar surface area (TPSA) is 66.9 Å². The summed E-state index contributed by atoms with van der Waals surface area (Å²) >= 11 is 1.30. The Morgan fingerprint density at radius 3 is 2.88 bits per heavy atom. The van der Waals surface area contributed by atoms with Crippen LogP contribution in [0.15, 0.2) is 0 Å². The number of nitrogens with zero attached hydrogens (tertiary/aromatic N) is 2. The highest BCUT2D eigenvalue weighted by molar-refractivity contribution is 7.15. The molecular weight excluding hydrogens is 255 g/mol. The second-order valence-electron chi connectivity index (χ2n) is 3.41. The Morgan fingerprint density at radius 1 is 1.62 bits per heavy atom. The Morgan fingerprint density at radius 2 is 2.38 bits per heavy atom. The number of halogens is 2. The van der Waals surface area contributed by atoms with Crippen LogP contribution in [0.2, 0.25) is 0 Å². The van der Waals surface area contributed by atoms with E-state index in [1.807, 2.05) is 0 Å². The van der Waals surface area contributed by atoms with Crippen LogP contribution in [0.1, 0.15) is 11.4 Å². The van der Waals surface area contributed by atoms with Gasteiger partial charge >= 0.3 is 0 Å². The number of alkyl halides is 1. The molecule has 90 valence electrons. The van der Waals surface area contributed by atoms with E-state index >= 15 is 0 Å². The van der Waals surface area contributed by atoms with Gasteiger partial charge in [-0.3, -0.25) is 10.1 Å². The van der Waals surface area contributed by atoms with Gasteiger partial charge in [0.25, 0.3) is 0 Å². The molecule has 0 spiro atoms. The number of aryl methyl sites for hydroxylation is 1. The van der Waals surface area contributed by atoms with Gasteiger partial charge in [0.15, 0.2) is 0 Å². The molecular formula is C8H12ClFN4OS. The summed E-state index contributed by atoms with van der Waals surface area (Å²) in [5.74, 6) is -0.244. The molecule has 0 unspecified atom stereocenters. The van der Waals surface area contributed by atoms with E-state index in [4.69, 9.17) is 0 Å². The van der Waals surface area contributed by atoms with Crippen molar-refractivity contribution in [3.63, 3.8) is 0 Å². The van der Waals surface area contributed by atoms with E-state index in [0.717, 1.165) is 5.01 Å². The summed E-state index contributed by atoms with van der Waals surface area (Å²) in [5.41, 5.74) is 0. The first-order valence-corrected chi connectivity index (χ1v) is 5.45. The summed E-state index contributed by atoms with van der Waals surface area (Å²) in [6.07, 6.45) is -0.708. The van der Waals surface area contributed by atoms with Gasteiger partial charge in [-0.05, 0) is 6.92 Å². The van der Waals surface area contributed by atoms with E-state index in [-0.39, 0.29) is 31.3 Å². The van der Waals surface area contributed by atoms with Gasteiger partial charge in [0.2, 0.25) is 11.0 Å². The molecule has 2 heterocycles. The maximum Gasteiger partial charge on any atom is 0.243 e. The molecule has 1 aromatic heterocycles. The number of carbonyl (C=O) groups excluding carboxylic acids is 1. The maximum absolute atomic E-state index is 12.8. The smallest absolute Gasteiger partial charge is 0.243 e. The Hall–Kier alpha value is -0.790. The molecule has 0 saturated carbocycles. The Labute approximate surface area is 102 Å². The monoisotopic (exact) mass is 266 g/mol. The predicted molar refractivity (Wildman–Crippen MR) is 61.8 cm³/mol. The van der Waals surface area contributed by atoms with Gasteiger partial charge in [-0.1, -0.05) is 11.3 Å². The minimum Gasteiger partial charge on any atom is -0.303 e. The molecule has 1 aliphatic heterocycles. The van der Waals surface area contributed by atoms with Crippen LogP contribution in [0.4, 0.5) is 9.52 Å². The number of hydrogen-bond donors (Lipinski definition) is 2. The number of anilines is 1. The number of amides is 1. The lowest BCUT2D eigenvalue weighted by Crippen LogP contribution is -2.35. The van der Waals surface area contributed by atoms with Crippen molar-refractivity contribution in [2.24, 2.45) is 0 Å². The van der Waals surface area contributed by atoms with Crippen LogP contribution in [0.3, 0.4) is 0 Å². The van der Waals surface area contributed by atoms with Crippen LogP contribution in [0.25, 0.3) is 0 Å². The van der Waals surface area contributed by atoms with E-state index in [1.165, 1.54) is 11.3 Å². The molecule has 8 heteroatoms. The van der Waals surface area contributed by atoms with Crippen molar-refractivity contribution < 1.29 is 9.18 Å². The fourth-order valence-corrected chi connectivity index (χ4v) is 2.03. The van der Waals surface area contributed by atoms with Crippen molar-refractivity contribution in [1.82, 2.24) is 15.5 Å². The van der Waals surface area contributed by atoms with Crippen molar-refractivity contribution in [3.8, 4) is 0 Å². The maximum atomic E-state index is 12.8. The normalized spacial score (nSPS) is 23.9. The van der Waals surface area contributed by atoms with E-state index < -0.39 is 12.2 Å². The lowest BCUT2D eigenvalue weighted by Gasteiger charge is -2.07. The van der Waals surface area contributed by atoms with E-state index in [1.54, 1.807) is 6.92 Å². The van der Waals surface area contributed by atoms with Crippen molar-refractivity contribution in [3.05, 3.63) is 5.01 Å².